The molecule has 27 heavy (non-hydrogen) atoms. The Morgan fingerprint density at radius 2 is 2.04 bits per heavy atom. The lowest BCUT2D eigenvalue weighted by molar-refractivity contribution is 0.0981. The predicted molar refractivity (Wildman–Crippen MR) is 109 cm³/mol. The van der Waals surface area contributed by atoms with Crippen molar-refractivity contribution in [3.05, 3.63) is 46.7 Å². The maximum absolute atomic E-state index is 12.3. The number of anilines is 1. The Hall–Kier alpha value is -1.85. The molecular formula is C17H19N3O4S3. The van der Waals surface area contributed by atoms with Crippen LogP contribution >= 0.6 is 23.6 Å². The van der Waals surface area contributed by atoms with E-state index >= 15 is 0 Å². The number of nitrogens with one attached hydrogen (secondary N) is 3. The van der Waals surface area contributed by atoms with Crippen LogP contribution in [0, 0.1) is 0 Å². The third-order valence-electron chi connectivity index (χ3n) is 3.92. The van der Waals surface area contributed by atoms with E-state index in [2.05, 4.69) is 15.4 Å². The number of carbonyl (C=O) groups is 1. The lowest BCUT2D eigenvalue weighted by Gasteiger charge is -2.12. The summed E-state index contributed by atoms with van der Waals surface area (Å²) in [5.41, 5.74) is 0.574. The molecule has 0 spiro atoms. The molecule has 7 nitrogen and oxygen atoms in total. The van der Waals surface area contributed by atoms with Crippen LogP contribution < -0.4 is 15.4 Å². The molecule has 1 fully saturated rings. The maximum atomic E-state index is 12.3. The van der Waals surface area contributed by atoms with Gasteiger partial charge in [-0.2, -0.15) is 0 Å². The molecule has 3 rings (SSSR count). The normalized spacial score (nSPS) is 16.8. The van der Waals surface area contributed by atoms with Gasteiger partial charge in [0.2, 0.25) is 10.0 Å². The highest BCUT2D eigenvalue weighted by molar-refractivity contribution is 7.89. The van der Waals surface area contributed by atoms with E-state index in [-0.39, 0.29) is 28.6 Å². The zero-order valence-corrected chi connectivity index (χ0v) is 16.8. The van der Waals surface area contributed by atoms with Crippen LogP contribution in [0.5, 0.6) is 0 Å². The molecule has 1 amide bonds. The van der Waals surface area contributed by atoms with E-state index in [4.69, 9.17) is 17.0 Å². The lowest BCUT2D eigenvalue weighted by atomic mass is 10.2. The highest BCUT2D eigenvalue weighted by Gasteiger charge is 2.20. The van der Waals surface area contributed by atoms with Crippen LogP contribution in [0.1, 0.15) is 22.5 Å². The van der Waals surface area contributed by atoms with Crippen molar-refractivity contribution in [3.63, 3.8) is 0 Å². The van der Waals surface area contributed by atoms with E-state index in [1.807, 2.05) is 0 Å². The molecule has 1 aliphatic rings. The monoisotopic (exact) mass is 425 g/mol. The Morgan fingerprint density at radius 3 is 2.67 bits per heavy atom. The van der Waals surface area contributed by atoms with Crippen molar-refractivity contribution in [1.82, 2.24) is 10.0 Å². The smallest absolute Gasteiger partial charge is 0.267 e. The molecule has 0 aliphatic carbocycles. The average molecular weight is 426 g/mol. The summed E-state index contributed by atoms with van der Waals surface area (Å²) in [4.78, 5) is 12.7. The first kappa shape index (κ1) is 19.9. The molecule has 2 aromatic rings. The van der Waals surface area contributed by atoms with Crippen molar-refractivity contribution >= 4 is 50.3 Å². The molecule has 1 atom stereocenters. The highest BCUT2D eigenvalue weighted by atomic mass is 32.2. The molecule has 10 heteroatoms. The van der Waals surface area contributed by atoms with Crippen LogP contribution in [0.15, 0.2) is 46.7 Å². The average Bonchev–Trinajstić information content (AvgIpc) is 3.34. The second-order valence-corrected chi connectivity index (χ2v) is 9.02. The van der Waals surface area contributed by atoms with Crippen molar-refractivity contribution in [2.45, 2.75) is 23.8 Å². The van der Waals surface area contributed by atoms with Crippen LogP contribution in [0.3, 0.4) is 0 Å². The van der Waals surface area contributed by atoms with E-state index in [0.29, 0.717) is 17.2 Å². The van der Waals surface area contributed by atoms with Gasteiger partial charge < -0.3 is 10.1 Å². The Morgan fingerprint density at radius 1 is 1.26 bits per heavy atom. The third-order valence-corrected chi connectivity index (χ3v) is 6.43. The van der Waals surface area contributed by atoms with Gasteiger partial charge in [-0.25, -0.2) is 13.1 Å². The van der Waals surface area contributed by atoms with Gasteiger partial charge in [-0.05, 0) is 60.8 Å². The standard InChI is InChI=1S/C17H19N3O4S3/c21-16(15-4-2-10-26-15)20-17(25)19-12-5-7-14(8-6-12)27(22,23)18-11-13-3-1-9-24-13/h2,4-8,10,13,18H,1,3,9,11H2,(H2,19,20,21,25). The Balaban J connectivity index is 1.54. The van der Waals surface area contributed by atoms with Crippen LogP contribution in [0.25, 0.3) is 0 Å². The van der Waals surface area contributed by atoms with Crippen molar-refractivity contribution < 1.29 is 17.9 Å². The summed E-state index contributed by atoms with van der Waals surface area (Å²) in [5, 5.41) is 7.38. The van der Waals surface area contributed by atoms with Crippen molar-refractivity contribution in [3.8, 4) is 0 Å². The van der Waals surface area contributed by atoms with Crippen LogP contribution in [0.2, 0.25) is 0 Å². The fourth-order valence-corrected chi connectivity index (χ4v) is 4.44. The zero-order valence-electron chi connectivity index (χ0n) is 14.3. The van der Waals surface area contributed by atoms with Crippen molar-refractivity contribution in [2.75, 3.05) is 18.5 Å². The molecule has 1 unspecified atom stereocenters. The number of thiophene rings is 1. The van der Waals surface area contributed by atoms with Gasteiger partial charge in [0.05, 0.1) is 15.9 Å². The van der Waals surface area contributed by atoms with Gasteiger partial charge in [0.1, 0.15) is 0 Å². The fourth-order valence-electron chi connectivity index (χ4n) is 2.54. The molecule has 0 radical (unpaired) electrons. The highest BCUT2D eigenvalue weighted by Crippen LogP contribution is 2.16. The van der Waals surface area contributed by atoms with E-state index in [1.54, 1.807) is 29.6 Å². The number of rotatable bonds is 6. The summed E-state index contributed by atoms with van der Waals surface area (Å²) in [6, 6.07) is 9.61. The van der Waals surface area contributed by atoms with E-state index in [9.17, 15) is 13.2 Å². The largest absolute Gasteiger partial charge is 0.377 e. The van der Waals surface area contributed by atoms with Gasteiger partial charge in [-0.1, -0.05) is 6.07 Å². The first-order valence-corrected chi connectivity index (χ1v) is 11.1. The number of carbonyl (C=O) groups excluding carboxylic acids is 1. The predicted octanol–water partition coefficient (Wildman–Crippen LogP) is 2.33. The molecule has 0 bridgehead atoms. The minimum Gasteiger partial charge on any atom is -0.377 e. The summed E-state index contributed by atoms with van der Waals surface area (Å²) in [7, 11) is -3.60. The number of hydrogen-bond donors (Lipinski definition) is 3. The topological polar surface area (TPSA) is 96.5 Å². The molecule has 144 valence electrons. The Kier molecular flexibility index (Phi) is 6.55. The quantitative estimate of drug-likeness (QED) is 0.615. The number of hydrogen-bond acceptors (Lipinski definition) is 6. The molecule has 1 saturated heterocycles. The fraction of sp³-hybridized carbons (Fsp3) is 0.294. The first-order valence-electron chi connectivity index (χ1n) is 8.31. The van der Waals surface area contributed by atoms with E-state index in [0.717, 1.165) is 12.8 Å². The van der Waals surface area contributed by atoms with Gasteiger partial charge in [0, 0.05) is 18.8 Å². The lowest BCUT2D eigenvalue weighted by Crippen LogP contribution is -2.33. The first-order chi connectivity index (χ1) is 12.9. The van der Waals surface area contributed by atoms with Crippen LogP contribution in [0.4, 0.5) is 5.69 Å². The number of thiocarbonyl (C=S) groups is 1. The Labute approximate surface area is 167 Å². The summed E-state index contributed by atoms with van der Waals surface area (Å²) < 4.78 is 32.6. The molecule has 1 aromatic carbocycles. The molecule has 1 aromatic heterocycles. The van der Waals surface area contributed by atoms with Gasteiger partial charge in [-0.15, -0.1) is 11.3 Å². The Bertz CT molecular complexity index is 890. The summed E-state index contributed by atoms with van der Waals surface area (Å²) in [6.45, 7) is 0.941. The van der Waals surface area contributed by atoms with E-state index in [1.165, 1.54) is 23.5 Å². The number of amides is 1. The van der Waals surface area contributed by atoms with E-state index < -0.39 is 10.0 Å². The maximum Gasteiger partial charge on any atom is 0.267 e. The second kappa shape index (κ2) is 8.89. The van der Waals surface area contributed by atoms with Gasteiger partial charge in [0.25, 0.3) is 5.91 Å². The van der Waals surface area contributed by atoms with Crippen molar-refractivity contribution in [1.29, 1.82) is 0 Å². The zero-order chi connectivity index (χ0) is 19.3. The summed E-state index contributed by atoms with van der Waals surface area (Å²) in [6.07, 6.45) is 1.75. The minimum atomic E-state index is -3.60. The van der Waals surface area contributed by atoms with Crippen LogP contribution in [-0.2, 0) is 14.8 Å². The molecule has 0 saturated carbocycles. The molecule has 2 heterocycles. The van der Waals surface area contributed by atoms with Gasteiger partial charge >= 0.3 is 0 Å². The van der Waals surface area contributed by atoms with Crippen LogP contribution in [-0.4, -0.2) is 38.7 Å². The summed E-state index contributed by atoms with van der Waals surface area (Å²) >= 11 is 6.43. The minimum absolute atomic E-state index is 0.0648. The van der Waals surface area contributed by atoms with Gasteiger partial charge in [-0.3, -0.25) is 10.1 Å². The summed E-state index contributed by atoms with van der Waals surface area (Å²) in [5.74, 6) is -0.292. The SMILES string of the molecule is O=C(NC(=S)Nc1ccc(S(=O)(=O)NCC2CCCO2)cc1)c1cccs1. The van der Waals surface area contributed by atoms with Crippen molar-refractivity contribution in [2.24, 2.45) is 0 Å². The molecule has 1 aliphatic heterocycles. The number of sulfonamides is 1. The third kappa shape index (κ3) is 5.56. The second-order valence-electron chi connectivity index (χ2n) is 5.90. The number of ether oxygens (including phenoxy) is 1. The molecular weight excluding hydrogens is 406 g/mol. The van der Waals surface area contributed by atoms with Gasteiger partial charge in [0.15, 0.2) is 5.11 Å². The molecule has 3 N–H and O–H groups in total. The number of benzene rings is 1.